The summed E-state index contributed by atoms with van der Waals surface area (Å²) in [6, 6.07) is 7.96. The quantitative estimate of drug-likeness (QED) is 0.888. The van der Waals surface area contributed by atoms with Crippen molar-refractivity contribution in [3.8, 4) is 0 Å². The lowest BCUT2D eigenvalue weighted by Gasteiger charge is -2.38. The zero-order valence-corrected chi connectivity index (χ0v) is 15.4. The Kier molecular flexibility index (Phi) is 4.82. The molecule has 7 nitrogen and oxygen atoms in total. The van der Waals surface area contributed by atoms with Crippen molar-refractivity contribution in [2.24, 2.45) is 0 Å². The number of ether oxygens (including phenoxy) is 1. The highest BCUT2D eigenvalue weighted by molar-refractivity contribution is 6.33. The fraction of sp³-hybridized carbons (Fsp3) is 0.500. The second-order valence-corrected chi connectivity index (χ2v) is 7.36. The van der Waals surface area contributed by atoms with Gasteiger partial charge in [0.25, 0.3) is 0 Å². The molecule has 3 heterocycles. The molecule has 8 heteroatoms. The van der Waals surface area contributed by atoms with Gasteiger partial charge in [-0.05, 0) is 37.8 Å². The van der Waals surface area contributed by atoms with Crippen molar-refractivity contribution in [2.75, 3.05) is 12.4 Å². The minimum absolute atomic E-state index is 0.0669. The van der Waals surface area contributed by atoms with Gasteiger partial charge in [0.1, 0.15) is 5.69 Å². The van der Waals surface area contributed by atoms with Crippen LogP contribution in [0.2, 0.25) is 5.02 Å². The Balaban J connectivity index is 1.45. The van der Waals surface area contributed by atoms with Gasteiger partial charge in [0.2, 0.25) is 0 Å². The van der Waals surface area contributed by atoms with Gasteiger partial charge in [-0.15, -0.1) is 5.10 Å². The second kappa shape index (κ2) is 7.25. The molecule has 0 saturated carbocycles. The maximum Gasteiger partial charge on any atom is 0.322 e. The standard InChI is InChI=1S/C18H22ClN5O2/c1-26-11-12-10-23(22-21-12)15-8-13-6-7-14(9-15)24(13)18(25)20-17-5-3-2-4-16(17)19/h2-5,10,13-15H,6-9,11H2,1H3,(H,20,25). The normalized spacial score (nSPS) is 24.7. The lowest BCUT2D eigenvalue weighted by Crippen LogP contribution is -2.48. The first-order chi connectivity index (χ1) is 12.7. The maximum atomic E-state index is 12.8. The molecule has 0 spiro atoms. The predicted molar refractivity (Wildman–Crippen MR) is 98.1 cm³/mol. The minimum atomic E-state index is -0.0669. The fourth-order valence-corrected chi connectivity index (χ4v) is 4.33. The summed E-state index contributed by atoms with van der Waals surface area (Å²) in [4.78, 5) is 14.8. The van der Waals surface area contributed by atoms with Crippen molar-refractivity contribution < 1.29 is 9.53 Å². The summed E-state index contributed by atoms with van der Waals surface area (Å²) in [5.41, 5.74) is 1.49. The summed E-state index contributed by atoms with van der Waals surface area (Å²) in [7, 11) is 1.65. The van der Waals surface area contributed by atoms with E-state index in [9.17, 15) is 4.79 Å². The van der Waals surface area contributed by atoms with Crippen molar-refractivity contribution in [1.82, 2.24) is 19.9 Å². The number of halogens is 1. The predicted octanol–water partition coefficient (Wildman–Crippen LogP) is 3.48. The third kappa shape index (κ3) is 3.29. The van der Waals surface area contributed by atoms with Crippen LogP contribution in [0.3, 0.4) is 0 Å². The van der Waals surface area contributed by atoms with Crippen LogP contribution in [0, 0.1) is 0 Å². The number of hydrogen-bond donors (Lipinski definition) is 1. The molecule has 2 unspecified atom stereocenters. The van der Waals surface area contributed by atoms with Crippen molar-refractivity contribution in [1.29, 1.82) is 0 Å². The summed E-state index contributed by atoms with van der Waals surface area (Å²) >= 11 is 6.16. The molecular weight excluding hydrogens is 354 g/mol. The second-order valence-electron chi connectivity index (χ2n) is 6.95. The van der Waals surface area contributed by atoms with Gasteiger partial charge >= 0.3 is 6.03 Å². The number of benzene rings is 1. The van der Waals surface area contributed by atoms with E-state index in [1.807, 2.05) is 34.0 Å². The lowest BCUT2D eigenvalue weighted by molar-refractivity contribution is 0.129. The van der Waals surface area contributed by atoms with Crippen molar-refractivity contribution in [3.05, 3.63) is 41.2 Å². The van der Waals surface area contributed by atoms with Gasteiger partial charge in [-0.3, -0.25) is 0 Å². The lowest BCUT2D eigenvalue weighted by atomic mass is 9.98. The Labute approximate surface area is 157 Å². The van der Waals surface area contributed by atoms with Gasteiger partial charge in [0.15, 0.2) is 0 Å². The third-order valence-electron chi connectivity index (χ3n) is 5.28. The molecule has 0 radical (unpaired) electrons. The molecule has 138 valence electrons. The number of carbonyl (C=O) groups excluding carboxylic acids is 1. The smallest absolute Gasteiger partial charge is 0.322 e. The molecule has 1 aromatic carbocycles. The molecule has 0 aliphatic carbocycles. The van der Waals surface area contributed by atoms with E-state index in [2.05, 4.69) is 15.6 Å². The molecule has 1 N–H and O–H groups in total. The largest absolute Gasteiger partial charge is 0.378 e. The van der Waals surface area contributed by atoms with Crippen molar-refractivity contribution in [2.45, 2.75) is 50.4 Å². The van der Waals surface area contributed by atoms with Crippen molar-refractivity contribution in [3.63, 3.8) is 0 Å². The maximum absolute atomic E-state index is 12.8. The van der Waals surface area contributed by atoms with E-state index in [0.29, 0.717) is 17.3 Å². The van der Waals surface area contributed by atoms with E-state index in [1.54, 1.807) is 13.2 Å². The summed E-state index contributed by atoms with van der Waals surface area (Å²) in [5.74, 6) is 0. The number of fused-ring (bicyclic) bond motifs is 2. The number of rotatable bonds is 4. The van der Waals surface area contributed by atoms with E-state index < -0.39 is 0 Å². The highest BCUT2D eigenvalue weighted by atomic mass is 35.5. The van der Waals surface area contributed by atoms with E-state index >= 15 is 0 Å². The number of anilines is 1. The number of nitrogens with one attached hydrogen (secondary N) is 1. The Morgan fingerprint density at radius 2 is 2.00 bits per heavy atom. The number of aromatic nitrogens is 3. The molecule has 2 bridgehead atoms. The van der Waals surface area contributed by atoms with Gasteiger partial charge in [-0.1, -0.05) is 28.9 Å². The van der Waals surface area contributed by atoms with Crippen LogP contribution >= 0.6 is 11.6 Å². The number of carbonyl (C=O) groups is 1. The number of urea groups is 1. The highest BCUT2D eigenvalue weighted by Gasteiger charge is 2.44. The summed E-state index contributed by atoms with van der Waals surface area (Å²) in [6.45, 7) is 0.464. The minimum Gasteiger partial charge on any atom is -0.378 e. The van der Waals surface area contributed by atoms with Gasteiger partial charge in [0, 0.05) is 19.2 Å². The van der Waals surface area contributed by atoms with E-state index in [0.717, 1.165) is 31.4 Å². The zero-order valence-electron chi connectivity index (χ0n) is 14.6. The van der Waals surface area contributed by atoms with Crippen LogP contribution in [0.4, 0.5) is 10.5 Å². The van der Waals surface area contributed by atoms with Crippen LogP contribution in [-0.2, 0) is 11.3 Å². The number of amides is 2. The van der Waals surface area contributed by atoms with Gasteiger partial charge in [-0.25, -0.2) is 9.48 Å². The summed E-state index contributed by atoms with van der Waals surface area (Å²) in [5, 5.41) is 11.9. The zero-order chi connectivity index (χ0) is 18.1. The molecule has 4 rings (SSSR count). The summed E-state index contributed by atoms with van der Waals surface area (Å²) in [6.07, 6.45) is 5.78. The number of para-hydroxylation sites is 1. The molecule has 2 saturated heterocycles. The molecule has 2 aliphatic heterocycles. The number of methoxy groups -OCH3 is 1. The number of hydrogen-bond acceptors (Lipinski definition) is 4. The van der Waals surface area contributed by atoms with E-state index in [-0.39, 0.29) is 24.2 Å². The Bertz CT molecular complexity index is 781. The SMILES string of the molecule is COCc1cn(C2CC3CCC(C2)N3C(=O)Nc2ccccc2Cl)nn1. The third-order valence-corrected chi connectivity index (χ3v) is 5.61. The summed E-state index contributed by atoms with van der Waals surface area (Å²) < 4.78 is 7.04. The van der Waals surface area contributed by atoms with Gasteiger partial charge in [0.05, 0.1) is 29.6 Å². The van der Waals surface area contributed by atoms with Gasteiger partial charge < -0.3 is 15.0 Å². The highest BCUT2D eigenvalue weighted by Crippen LogP contribution is 2.41. The van der Waals surface area contributed by atoms with Crippen LogP contribution in [0.15, 0.2) is 30.5 Å². The van der Waals surface area contributed by atoms with E-state index in [4.69, 9.17) is 16.3 Å². The van der Waals surface area contributed by atoms with Crippen molar-refractivity contribution >= 4 is 23.3 Å². The molecule has 26 heavy (non-hydrogen) atoms. The van der Waals surface area contributed by atoms with Crippen LogP contribution in [0.1, 0.15) is 37.4 Å². The molecule has 2 amide bonds. The molecule has 2 aromatic rings. The van der Waals surface area contributed by atoms with Gasteiger partial charge in [-0.2, -0.15) is 0 Å². The van der Waals surface area contributed by atoms with Crippen LogP contribution in [-0.4, -0.2) is 45.1 Å². The van der Waals surface area contributed by atoms with Crippen LogP contribution in [0.5, 0.6) is 0 Å². The average Bonchev–Trinajstić information content (AvgIpc) is 3.20. The first-order valence-electron chi connectivity index (χ1n) is 8.89. The molecule has 2 aliphatic rings. The Morgan fingerprint density at radius 3 is 2.69 bits per heavy atom. The first-order valence-corrected chi connectivity index (χ1v) is 9.27. The van der Waals surface area contributed by atoms with Crippen LogP contribution in [0.25, 0.3) is 0 Å². The topological polar surface area (TPSA) is 72.3 Å². The number of piperidine rings is 1. The van der Waals surface area contributed by atoms with Crippen LogP contribution < -0.4 is 5.32 Å². The molecule has 1 aromatic heterocycles. The molecule has 2 atom stereocenters. The molecular formula is C18H22ClN5O2. The average molecular weight is 376 g/mol. The first kappa shape index (κ1) is 17.3. The monoisotopic (exact) mass is 375 g/mol. The number of nitrogens with zero attached hydrogens (tertiary/aromatic N) is 4. The molecule has 2 fully saturated rings. The Morgan fingerprint density at radius 1 is 1.27 bits per heavy atom. The fourth-order valence-electron chi connectivity index (χ4n) is 4.14. The van der Waals surface area contributed by atoms with E-state index in [1.165, 1.54) is 0 Å². The Hall–Kier alpha value is -2.12.